The van der Waals surface area contributed by atoms with Crippen molar-refractivity contribution in [2.45, 2.75) is 58.3 Å². The molecule has 0 aromatic heterocycles. The number of nitrogen functional groups attached to an aromatic ring is 1. The Morgan fingerprint density at radius 2 is 1.67 bits per heavy atom. The lowest BCUT2D eigenvalue weighted by Gasteiger charge is -2.07. The fourth-order valence-electron chi connectivity index (χ4n) is 2.33. The van der Waals surface area contributed by atoms with Gasteiger partial charge in [0.05, 0.1) is 4.92 Å². The summed E-state index contributed by atoms with van der Waals surface area (Å²) in [6.07, 6.45) is 10.2. The second kappa shape index (κ2) is 10.0. The first-order chi connectivity index (χ1) is 10.1. The molecule has 0 saturated heterocycles. The van der Waals surface area contributed by atoms with E-state index in [1.807, 2.05) is 0 Å². The summed E-state index contributed by atoms with van der Waals surface area (Å²) in [4.78, 5) is 10.3. The van der Waals surface area contributed by atoms with Crippen LogP contribution in [0.25, 0.3) is 0 Å². The van der Waals surface area contributed by atoms with Gasteiger partial charge in [0, 0.05) is 30.1 Å². The van der Waals surface area contributed by atoms with Crippen LogP contribution >= 0.6 is 0 Å². The number of non-ortho nitro benzene ring substituents is 1. The van der Waals surface area contributed by atoms with E-state index in [2.05, 4.69) is 12.2 Å². The van der Waals surface area contributed by atoms with Gasteiger partial charge in [-0.15, -0.1) is 0 Å². The van der Waals surface area contributed by atoms with Gasteiger partial charge in [0.25, 0.3) is 5.69 Å². The van der Waals surface area contributed by atoms with Crippen LogP contribution in [-0.4, -0.2) is 11.5 Å². The van der Waals surface area contributed by atoms with Gasteiger partial charge in [-0.2, -0.15) is 0 Å². The van der Waals surface area contributed by atoms with Gasteiger partial charge in [-0.25, -0.2) is 0 Å². The van der Waals surface area contributed by atoms with E-state index >= 15 is 0 Å². The smallest absolute Gasteiger partial charge is 0.273 e. The summed E-state index contributed by atoms with van der Waals surface area (Å²) in [6, 6.07) is 4.64. The van der Waals surface area contributed by atoms with Crippen LogP contribution in [0.3, 0.4) is 0 Å². The van der Waals surface area contributed by atoms with E-state index in [0.29, 0.717) is 5.69 Å². The zero-order valence-corrected chi connectivity index (χ0v) is 12.9. The third-order valence-corrected chi connectivity index (χ3v) is 3.51. The molecule has 1 aromatic rings. The molecule has 0 radical (unpaired) electrons. The van der Waals surface area contributed by atoms with Crippen LogP contribution in [-0.2, 0) is 0 Å². The Hall–Kier alpha value is -1.78. The lowest BCUT2D eigenvalue weighted by Crippen LogP contribution is -2.03. The molecule has 1 rings (SSSR count). The maximum absolute atomic E-state index is 10.8. The standard InChI is InChI=1S/C16H27N3O2/c1-2-3-4-5-6-7-8-9-10-18-15-11-14(17)12-16(13-15)19(20)21/h11-13,18H,2-10,17H2,1H3. The highest BCUT2D eigenvalue weighted by molar-refractivity contribution is 5.61. The van der Waals surface area contributed by atoms with Crippen LogP contribution in [0.4, 0.5) is 17.1 Å². The van der Waals surface area contributed by atoms with Gasteiger partial charge in [-0.05, 0) is 12.5 Å². The lowest BCUT2D eigenvalue weighted by molar-refractivity contribution is -0.384. The molecule has 118 valence electrons. The number of nitrogens with two attached hydrogens (primary N) is 1. The number of unbranched alkanes of at least 4 members (excludes halogenated alkanes) is 7. The Morgan fingerprint density at radius 3 is 2.29 bits per heavy atom. The molecule has 0 aliphatic rings. The molecule has 0 unspecified atom stereocenters. The summed E-state index contributed by atoms with van der Waals surface area (Å²) in [5.41, 5.74) is 6.84. The largest absolute Gasteiger partial charge is 0.398 e. The first kappa shape index (κ1) is 17.3. The van der Waals surface area contributed by atoms with Crippen molar-refractivity contribution in [1.29, 1.82) is 0 Å². The highest BCUT2D eigenvalue weighted by Gasteiger charge is 2.07. The van der Waals surface area contributed by atoms with E-state index < -0.39 is 4.92 Å². The average molecular weight is 293 g/mol. The zero-order valence-electron chi connectivity index (χ0n) is 12.9. The summed E-state index contributed by atoms with van der Waals surface area (Å²) in [7, 11) is 0. The molecule has 0 heterocycles. The van der Waals surface area contributed by atoms with Crippen LogP contribution < -0.4 is 11.1 Å². The van der Waals surface area contributed by atoms with Crippen molar-refractivity contribution in [1.82, 2.24) is 0 Å². The second-order valence-electron chi connectivity index (χ2n) is 5.47. The van der Waals surface area contributed by atoms with E-state index in [4.69, 9.17) is 5.73 Å². The van der Waals surface area contributed by atoms with Crippen molar-refractivity contribution in [2.24, 2.45) is 0 Å². The van der Waals surface area contributed by atoms with Gasteiger partial charge < -0.3 is 11.1 Å². The van der Waals surface area contributed by atoms with Crippen molar-refractivity contribution in [3.8, 4) is 0 Å². The minimum absolute atomic E-state index is 0.0356. The van der Waals surface area contributed by atoms with Crippen molar-refractivity contribution >= 4 is 17.1 Å². The first-order valence-corrected chi connectivity index (χ1v) is 7.92. The quantitative estimate of drug-likeness (QED) is 0.267. The van der Waals surface area contributed by atoms with Crippen LogP contribution in [0.1, 0.15) is 58.3 Å². The molecule has 1 aromatic carbocycles. The normalized spacial score (nSPS) is 10.5. The number of hydrogen-bond acceptors (Lipinski definition) is 4. The van der Waals surface area contributed by atoms with Gasteiger partial charge in [0.15, 0.2) is 0 Å². The molecule has 0 amide bonds. The van der Waals surface area contributed by atoms with Crippen LogP contribution in [0, 0.1) is 10.1 Å². The molecule has 5 heteroatoms. The molecule has 0 saturated carbocycles. The summed E-state index contributed by atoms with van der Waals surface area (Å²) in [6.45, 7) is 3.06. The van der Waals surface area contributed by atoms with Gasteiger partial charge >= 0.3 is 0 Å². The molecular formula is C16H27N3O2. The summed E-state index contributed by atoms with van der Waals surface area (Å²) >= 11 is 0. The van der Waals surface area contributed by atoms with Gasteiger partial charge in [-0.1, -0.05) is 51.9 Å². The average Bonchev–Trinajstić information content (AvgIpc) is 2.45. The minimum atomic E-state index is -0.419. The molecule has 0 aliphatic carbocycles. The first-order valence-electron chi connectivity index (χ1n) is 7.92. The molecule has 3 N–H and O–H groups in total. The number of nitrogens with one attached hydrogen (secondary N) is 1. The van der Waals surface area contributed by atoms with Gasteiger partial charge in [-0.3, -0.25) is 10.1 Å². The predicted octanol–water partition coefficient (Wildman–Crippen LogP) is 4.73. The molecule has 0 bridgehead atoms. The topological polar surface area (TPSA) is 81.2 Å². The van der Waals surface area contributed by atoms with Crippen LogP contribution in [0.15, 0.2) is 18.2 Å². The molecule has 0 spiro atoms. The number of nitro groups is 1. The molecule has 5 nitrogen and oxygen atoms in total. The fraction of sp³-hybridized carbons (Fsp3) is 0.625. The number of nitrogens with zero attached hydrogens (tertiary/aromatic N) is 1. The number of rotatable bonds is 11. The highest BCUT2D eigenvalue weighted by atomic mass is 16.6. The highest BCUT2D eigenvalue weighted by Crippen LogP contribution is 2.22. The number of nitro benzene ring substituents is 1. The number of anilines is 2. The molecular weight excluding hydrogens is 266 g/mol. The molecule has 0 atom stereocenters. The van der Waals surface area contributed by atoms with Gasteiger partial charge in [0.2, 0.25) is 0 Å². The zero-order chi connectivity index (χ0) is 15.5. The van der Waals surface area contributed by atoms with Crippen LogP contribution in [0.2, 0.25) is 0 Å². The summed E-state index contributed by atoms with van der Waals surface area (Å²) in [5, 5.41) is 14.0. The monoisotopic (exact) mass is 293 g/mol. The number of hydrogen-bond donors (Lipinski definition) is 2. The Kier molecular flexibility index (Phi) is 8.24. The Labute approximate surface area is 127 Å². The Bertz CT molecular complexity index is 436. The Balaban J connectivity index is 2.17. The Morgan fingerprint density at radius 1 is 1.05 bits per heavy atom. The predicted molar refractivity (Wildman–Crippen MR) is 88.6 cm³/mol. The SMILES string of the molecule is CCCCCCCCCCNc1cc(N)cc([N+](=O)[O-])c1. The lowest BCUT2D eigenvalue weighted by atomic mass is 10.1. The number of benzene rings is 1. The third kappa shape index (κ3) is 7.54. The maximum Gasteiger partial charge on any atom is 0.273 e. The van der Waals surface area contributed by atoms with Gasteiger partial charge in [0.1, 0.15) is 0 Å². The molecule has 21 heavy (non-hydrogen) atoms. The third-order valence-electron chi connectivity index (χ3n) is 3.51. The fourth-order valence-corrected chi connectivity index (χ4v) is 2.33. The summed E-state index contributed by atoms with van der Waals surface area (Å²) in [5.74, 6) is 0. The van der Waals surface area contributed by atoms with Crippen molar-refractivity contribution in [2.75, 3.05) is 17.6 Å². The maximum atomic E-state index is 10.8. The molecule has 0 fully saturated rings. The second-order valence-corrected chi connectivity index (χ2v) is 5.47. The van der Waals surface area contributed by atoms with E-state index in [9.17, 15) is 10.1 Å². The molecule has 0 aliphatic heterocycles. The van der Waals surface area contributed by atoms with E-state index in [1.165, 1.54) is 57.1 Å². The van der Waals surface area contributed by atoms with Crippen molar-refractivity contribution in [3.05, 3.63) is 28.3 Å². The minimum Gasteiger partial charge on any atom is -0.398 e. The van der Waals surface area contributed by atoms with Crippen molar-refractivity contribution < 1.29 is 4.92 Å². The van der Waals surface area contributed by atoms with E-state index in [1.54, 1.807) is 6.07 Å². The van der Waals surface area contributed by atoms with E-state index in [0.717, 1.165) is 18.7 Å². The summed E-state index contributed by atoms with van der Waals surface area (Å²) < 4.78 is 0. The van der Waals surface area contributed by atoms with Crippen molar-refractivity contribution in [3.63, 3.8) is 0 Å². The van der Waals surface area contributed by atoms with E-state index in [-0.39, 0.29) is 5.69 Å². The van der Waals surface area contributed by atoms with Crippen LogP contribution in [0.5, 0.6) is 0 Å².